The molecule has 3 nitrogen and oxygen atoms in total. The topological polar surface area (TPSA) is 35.5 Å². The molecule has 2 rings (SSSR count). The van der Waals surface area contributed by atoms with Gasteiger partial charge in [0.2, 0.25) is 0 Å². The number of hydrogen-bond donors (Lipinski definition) is 0. The van der Waals surface area contributed by atoms with Gasteiger partial charge in [-0.2, -0.15) is 0 Å². The molecule has 0 radical (unpaired) electrons. The lowest BCUT2D eigenvalue weighted by Gasteiger charge is -2.12. The van der Waals surface area contributed by atoms with Crippen LogP contribution in [0.3, 0.4) is 0 Å². The highest BCUT2D eigenvalue weighted by Gasteiger charge is 2.10. The second-order valence-corrected chi connectivity index (χ2v) is 4.97. The smallest absolute Gasteiger partial charge is 0.330 e. The van der Waals surface area contributed by atoms with E-state index in [1.807, 2.05) is 54.6 Å². The van der Waals surface area contributed by atoms with Gasteiger partial charge in [-0.1, -0.05) is 54.3 Å². The van der Waals surface area contributed by atoms with Gasteiger partial charge >= 0.3 is 5.97 Å². The van der Waals surface area contributed by atoms with Crippen molar-refractivity contribution < 1.29 is 14.3 Å². The summed E-state index contributed by atoms with van der Waals surface area (Å²) >= 11 is 0. The van der Waals surface area contributed by atoms with Gasteiger partial charge in [-0.25, -0.2) is 4.79 Å². The van der Waals surface area contributed by atoms with Gasteiger partial charge in [-0.15, -0.1) is 0 Å². The molecule has 0 heterocycles. The Balaban J connectivity index is 2.26. The maximum absolute atomic E-state index is 11.5. The first-order valence-electron chi connectivity index (χ1n) is 7.77. The highest BCUT2D eigenvalue weighted by Crippen LogP contribution is 2.22. The fourth-order valence-corrected chi connectivity index (χ4v) is 2.18. The predicted molar refractivity (Wildman–Crippen MR) is 95.2 cm³/mol. The van der Waals surface area contributed by atoms with Crippen LogP contribution in [0.4, 0.5) is 0 Å². The quantitative estimate of drug-likeness (QED) is 0.474. The van der Waals surface area contributed by atoms with Gasteiger partial charge in [0.15, 0.2) is 0 Å². The average molecular weight is 320 g/mol. The number of hydrogen-bond acceptors (Lipinski definition) is 3. The summed E-state index contributed by atoms with van der Waals surface area (Å²) in [7, 11) is 1.62. The molecule has 1 unspecified atom stereocenters. The van der Waals surface area contributed by atoms with Crippen LogP contribution < -0.4 is 0 Å². The van der Waals surface area contributed by atoms with Crippen molar-refractivity contribution in [2.24, 2.45) is 0 Å². The Hall–Kier alpha value is -2.83. The summed E-state index contributed by atoms with van der Waals surface area (Å²) in [4.78, 5) is 11.5. The number of methoxy groups -OCH3 is 1. The van der Waals surface area contributed by atoms with Gasteiger partial charge in [0.05, 0.1) is 6.61 Å². The van der Waals surface area contributed by atoms with Crippen molar-refractivity contribution in [3.63, 3.8) is 0 Å². The summed E-state index contributed by atoms with van der Waals surface area (Å²) in [6.07, 6.45) is 2.76. The molecule has 3 heteroatoms. The molecule has 0 saturated heterocycles. The number of carbonyl (C=O) groups excluding carboxylic acids is 1. The van der Waals surface area contributed by atoms with Crippen LogP contribution in [0.5, 0.6) is 0 Å². The van der Waals surface area contributed by atoms with Crippen LogP contribution in [0.1, 0.15) is 29.7 Å². The SMILES string of the molecule is CCOC(=O)/C=C/c1ccccc1C(C#Cc1ccccc1)OC. The van der Waals surface area contributed by atoms with Crippen molar-refractivity contribution in [3.8, 4) is 11.8 Å². The van der Waals surface area contributed by atoms with Gasteiger partial charge < -0.3 is 9.47 Å². The molecule has 0 fully saturated rings. The van der Waals surface area contributed by atoms with E-state index in [9.17, 15) is 4.79 Å². The third-order valence-electron chi connectivity index (χ3n) is 3.32. The Morgan fingerprint density at radius 2 is 1.83 bits per heavy atom. The van der Waals surface area contributed by atoms with Crippen LogP contribution >= 0.6 is 0 Å². The van der Waals surface area contributed by atoms with E-state index in [0.29, 0.717) is 6.61 Å². The van der Waals surface area contributed by atoms with Crippen LogP contribution in [0.25, 0.3) is 6.08 Å². The Morgan fingerprint density at radius 1 is 1.12 bits per heavy atom. The van der Waals surface area contributed by atoms with E-state index in [1.165, 1.54) is 6.08 Å². The van der Waals surface area contributed by atoms with Crippen LogP contribution in [-0.2, 0) is 14.3 Å². The van der Waals surface area contributed by atoms with Gasteiger partial charge in [-0.05, 0) is 30.7 Å². The molecule has 0 N–H and O–H groups in total. The van der Waals surface area contributed by atoms with Gasteiger partial charge in [-0.3, -0.25) is 0 Å². The maximum Gasteiger partial charge on any atom is 0.330 e. The van der Waals surface area contributed by atoms with E-state index in [2.05, 4.69) is 11.8 Å². The summed E-state index contributed by atoms with van der Waals surface area (Å²) in [6.45, 7) is 2.13. The highest BCUT2D eigenvalue weighted by molar-refractivity contribution is 5.87. The van der Waals surface area contributed by atoms with Crippen molar-refractivity contribution >= 4 is 12.0 Å². The van der Waals surface area contributed by atoms with Crippen LogP contribution in [0.2, 0.25) is 0 Å². The molecular formula is C21H20O3. The summed E-state index contributed by atoms with van der Waals surface area (Å²) in [5.74, 6) is 5.88. The minimum absolute atomic E-state index is 0.355. The van der Waals surface area contributed by atoms with Crippen LogP contribution in [-0.4, -0.2) is 19.7 Å². The fourth-order valence-electron chi connectivity index (χ4n) is 2.18. The van der Waals surface area contributed by atoms with Gasteiger partial charge in [0.25, 0.3) is 0 Å². The molecule has 2 aromatic carbocycles. The predicted octanol–water partition coefficient (Wildman–Crippen LogP) is 4.00. The molecule has 24 heavy (non-hydrogen) atoms. The third-order valence-corrected chi connectivity index (χ3v) is 3.32. The average Bonchev–Trinajstić information content (AvgIpc) is 2.62. The zero-order valence-corrected chi connectivity index (χ0v) is 13.9. The molecule has 0 aliphatic carbocycles. The molecule has 1 atom stereocenters. The Morgan fingerprint density at radius 3 is 2.54 bits per heavy atom. The minimum atomic E-state index is -0.381. The van der Waals surface area contributed by atoms with Gasteiger partial charge in [0, 0.05) is 24.3 Å². The van der Waals surface area contributed by atoms with Crippen molar-refractivity contribution in [1.82, 2.24) is 0 Å². The highest BCUT2D eigenvalue weighted by atomic mass is 16.5. The van der Waals surface area contributed by atoms with E-state index in [4.69, 9.17) is 9.47 Å². The summed E-state index contributed by atoms with van der Waals surface area (Å²) in [6, 6.07) is 17.4. The molecule has 0 aromatic heterocycles. The fraction of sp³-hybridized carbons (Fsp3) is 0.190. The second kappa shape index (κ2) is 9.34. The number of benzene rings is 2. The zero-order chi connectivity index (χ0) is 17.2. The van der Waals surface area contributed by atoms with Crippen LogP contribution in [0, 0.1) is 11.8 Å². The monoisotopic (exact) mass is 320 g/mol. The third kappa shape index (κ3) is 5.12. The van der Waals surface area contributed by atoms with Crippen molar-refractivity contribution in [1.29, 1.82) is 0 Å². The van der Waals surface area contributed by atoms with E-state index >= 15 is 0 Å². The minimum Gasteiger partial charge on any atom is -0.463 e. The number of carbonyl (C=O) groups is 1. The van der Waals surface area contributed by atoms with E-state index in [0.717, 1.165) is 16.7 Å². The summed E-state index contributed by atoms with van der Waals surface area (Å²) in [5.41, 5.74) is 2.71. The summed E-state index contributed by atoms with van der Waals surface area (Å²) in [5, 5.41) is 0. The standard InChI is InChI=1S/C21H20O3/c1-3-24-21(22)16-14-18-11-7-8-12-19(18)20(23-2)15-13-17-9-5-4-6-10-17/h4-12,14,16,20H,3H2,1-2H3/b16-14+. The number of ether oxygens (including phenoxy) is 2. The Kier molecular flexibility index (Phi) is 6.82. The number of rotatable bonds is 5. The van der Waals surface area contributed by atoms with Crippen molar-refractivity contribution in [2.75, 3.05) is 13.7 Å². The van der Waals surface area contributed by atoms with E-state index in [1.54, 1.807) is 20.1 Å². The van der Waals surface area contributed by atoms with Crippen molar-refractivity contribution in [3.05, 3.63) is 77.4 Å². The molecule has 122 valence electrons. The van der Waals surface area contributed by atoms with Crippen molar-refractivity contribution in [2.45, 2.75) is 13.0 Å². The lowest BCUT2D eigenvalue weighted by Crippen LogP contribution is -2.02. The van der Waals surface area contributed by atoms with E-state index in [-0.39, 0.29) is 12.1 Å². The molecular weight excluding hydrogens is 300 g/mol. The second-order valence-electron chi connectivity index (χ2n) is 4.97. The largest absolute Gasteiger partial charge is 0.463 e. The lowest BCUT2D eigenvalue weighted by atomic mass is 10.0. The molecule has 0 aliphatic heterocycles. The first kappa shape index (κ1) is 17.5. The Labute approximate surface area is 142 Å². The summed E-state index contributed by atoms with van der Waals surface area (Å²) < 4.78 is 10.4. The normalized spacial score (nSPS) is 11.6. The first-order chi connectivity index (χ1) is 11.7. The molecule has 2 aromatic rings. The lowest BCUT2D eigenvalue weighted by molar-refractivity contribution is -0.137. The van der Waals surface area contributed by atoms with Gasteiger partial charge in [0.1, 0.15) is 6.10 Å². The Bertz CT molecular complexity index is 751. The molecule has 0 saturated carbocycles. The first-order valence-corrected chi connectivity index (χ1v) is 7.77. The molecule has 0 aliphatic rings. The maximum atomic E-state index is 11.5. The van der Waals surface area contributed by atoms with Crippen LogP contribution in [0.15, 0.2) is 60.7 Å². The number of esters is 1. The molecule has 0 bridgehead atoms. The van der Waals surface area contributed by atoms with E-state index < -0.39 is 0 Å². The molecule has 0 spiro atoms. The molecule has 0 amide bonds. The zero-order valence-electron chi connectivity index (χ0n) is 13.9.